The van der Waals surface area contributed by atoms with Crippen LogP contribution >= 0.6 is 15.9 Å². The number of fused-ring (bicyclic) bond motifs is 3. The van der Waals surface area contributed by atoms with Gasteiger partial charge in [-0.3, -0.25) is 4.90 Å². The second-order valence-corrected chi connectivity index (χ2v) is 7.99. The van der Waals surface area contributed by atoms with Gasteiger partial charge in [-0.15, -0.1) is 0 Å². The molecule has 2 aliphatic rings. The van der Waals surface area contributed by atoms with E-state index >= 15 is 0 Å². The van der Waals surface area contributed by atoms with Crippen molar-refractivity contribution in [2.24, 2.45) is 0 Å². The number of benzene rings is 2. The largest absolute Gasteiger partial charge is 0.618 e. The van der Waals surface area contributed by atoms with Crippen LogP contribution in [0.3, 0.4) is 0 Å². The fourth-order valence-electron chi connectivity index (χ4n) is 4.01. The zero-order valence-corrected chi connectivity index (χ0v) is 18.3. The maximum Gasteiger partial charge on any atom is 0.241 e. The van der Waals surface area contributed by atoms with Crippen LogP contribution in [0.25, 0.3) is 0 Å². The molecule has 2 aromatic rings. The molecular formula is C21H24BrN3O4. The molecule has 0 spiro atoms. The molecule has 0 aliphatic carbocycles. The topological polar surface area (TPSA) is 60.2 Å². The minimum atomic E-state index is 0.0137. The Hall–Kier alpha value is -2.45. The van der Waals surface area contributed by atoms with Crippen molar-refractivity contribution >= 4 is 33.5 Å². The van der Waals surface area contributed by atoms with Crippen molar-refractivity contribution in [3.05, 3.63) is 45.6 Å². The molecule has 7 nitrogen and oxygen atoms in total. The number of rotatable bonds is 5. The first kappa shape index (κ1) is 19.8. The van der Waals surface area contributed by atoms with E-state index in [-0.39, 0.29) is 6.04 Å². The van der Waals surface area contributed by atoms with Crippen LogP contribution in [0.2, 0.25) is 0 Å². The first-order valence-corrected chi connectivity index (χ1v) is 10.2. The zero-order valence-electron chi connectivity index (χ0n) is 16.7. The molecular weight excluding hydrogens is 438 g/mol. The highest BCUT2D eigenvalue weighted by Crippen LogP contribution is 2.41. The third-order valence-corrected chi connectivity index (χ3v) is 6.08. The molecule has 0 radical (unpaired) electrons. The average Bonchev–Trinajstić information content (AvgIpc) is 2.73. The highest BCUT2D eigenvalue weighted by molar-refractivity contribution is 9.10. The summed E-state index contributed by atoms with van der Waals surface area (Å²) in [5, 5.41) is 12.6. The van der Waals surface area contributed by atoms with Gasteiger partial charge in [-0.05, 0) is 33.6 Å². The van der Waals surface area contributed by atoms with E-state index in [1.807, 2.05) is 24.3 Å². The van der Waals surface area contributed by atoms with Gasteiger partial charge < -0.3 is 24.3 Å². The molecule has 0 amide bonds. The van der Waals surface area contributed by atoms with Gasteiger partial charge in [0.25, 0.3) is 0 Å². The quantitative estimate of drug-likeness (QED) is 0.502. The summed E-state index contributed by atoms with van der Waals surface area (Å²) in [6.45, 7) is 3.29. The van der Waals surface area contributed by atoms with Crippen molar-refractivity contribution in [3.8, 4) is 17.2 Å². The van der Waals surface area contributed by atoms with Gasteiger partial charge in [-0.1, -0.05) is 6.07 Å². The maximum atomic E-state index is 12.6. The zero-order chi connectivity index (χ0) is 20.5. The molecule has 29 heavy (non-hydrogen) atoms. The summed E-state index contributed by atoms with van der Waals surface area (Å²) in [6, 6.07) is 9.76. The normalized spacial score (nSPS) is 18.6. The second-order valence-electron chi connectivity index (χ2n) is 7.14. The number of hydrogen-bond donors (Lipinski definition) is 0. The Labute approximate surface area is 178 Å². The molecule has 1 fully saturated rings. The minimum Gasteiger partial charge on any atom is -0.618 e. The molecule has 1 saturated heterocycles. The van der Waals surface area contributed by atoms with Crippen LogP contribution in [0.4, 0.5) is 11.4 Å². The summed E-state index contributed by atoms with van der Waals surface area (Å²) < 4.78 is 17.9. The van der Waals surface area contributed by atoms with Crippen LogP contribution in [0.1, 0.15) is 5.56 Å². The number of nitrogens with zero attached hydrogens (tertiary/aromatic N) is 3. The van der Waals surface area contributed by atoms with Crippen molar-refractivity contribution < 1.29 is 18.9 Å². The SMILES string of the molecule is COc1cc2c(cc1Br)[N+]([O-])=CC1CN(Cc3ccc(OC)c(OC)c3)CCN21. The Morgan fingerprint density at radius 1 is 1.03 bits per heavy atom. The van der Waals surface area contributed by atoms with E-state index in [1.165, 1.54) is 0 Å². The standard InChI is InChI=1S/C21H24BrN3O4/c1-27-19-5-4-14(8-21(19)29-3)11-23-6-7-24-15(12-23)13-25(26)18-9-16(22)20(28-2)10-17(18)24/h4-5,8-10,13,15H,6-7,11-12H2,1-3H3. The number of piperazine rings is 1. The third-order valence-electron chi connectivity index (χ3n) is 5.46. The van der Waals surface area contributed by atoms with E-state index in [9.17, 15) is 5.21 Å². The molecule has 2 heterocycles. The summed E-state index contributed by atoms with van der Waals surface area (Å²) in [7, 11) is 4.91. The van der Waals surface area contributed by atoms with E-state index in [0.29, 0.717) is 5.69 Å². The molecule has 2 aliphatic heterocycles. The number of ether oxygens (including phenoxy) is 3. The van der Waals surface area contributed by atoms with Crippen LogP contribution in [0.15, 0.2) is 34.8 Å². The molecule has 1 unspecified atom stereocenters. The summed E-state index contributed by atoms with van der Waals surface area (Å²) in [5.74, 6) is 2.18. The van der Waals surface area contributed by atoms with Crippen LogP contribution in [0, 0.1) is 5.21 Å². The molecule has 1 atom stereocenters. The van der Waals surface area contributed by atoms with Gasteiger partial charge in [-0.25, -0.2) is 0 Å². The molecule has 2 aromatic carbocycles. The van der Waals surface area contributed by atoms with Crippen molar-refractivity contribution in [1.82, 2.24) is 4.90 Å². The third kappa shape index (κ3) is 3.74. The van der Waals surface area contributed by atoms with Gasteiger partial charge in [0.15, 0.2) is 17.7 Å². The number of halogens is 1. The number of hydrogen-bond acceptors (Lipinski definition) is 6. The van der Waals surface area contributed by atoms with E-state index in [2.05, 4.69) is 31.8 Å². The Bertz CT molecular complexity index is 950. The molecule has 0 bridgehead atoms. The first-order valence-electron chi connectivity index (χ1n) is 9.43. The minimum absolute atomic E-state index is 0.0137. The molecule has 0 saturated carbocycles. The second kappa shape index (κ2) is 8.12. The average molecular weight is 462 g/mol. The first-order chi connectivity index (χ1) is 14.0. The lowest BCUT2D eigenvalue weighted by Crippen LogP contribution is -2.55. The Morgan fingerprint density at radius 3 is 2.52 bits per heavy atom. The van der Waals surface area contributed by atoms with Crippen LogP contribution in [-0.4, -0.2) is 62.9 Å². The Kier molecular flexibility index (Phi) is 5.56. The molecule has 8 heteroatoms. The molecule has 154 valence electrons. The van der Waals surface area contributed by atoms with Gasteiger partial charge >= 0.3 is 0 Å². The van der Waals surface area contributed by atoms with Gasteiger partial charge in [0.1, 0.15) is 17.5 Å². The molecule has 4 rings (SSSR count). The van der Waals surface area contributed by atoms with Crippen LogP contribution in [0.5, 0.6) is 17.2 Å². The monoisotopic (exact) mass is 461 g/mol. The van der Waals surface area contributed by atoms with Gasteiger partial charge in [0.2, 0.25) is 5.69 Å². The predicted molar refractivity (Wildman–Crippen MR) is 116 cm³/mol. The Balaban J connectivity index is 1.54. The Morgan fingerprint density at radius 2 is 1.79 bits per heavy atom. The highest BCUT2D eigenvalue weighted by Gasteiger charge is 2.35. The summed E-state index contributed by atoms with van der Waals surface area (Å²) in [6.07, 6.45) is 1.75. The van der Waals surface area contributed by atoms with E-state index in [0.717, 1.165) is 63.9 Å². The lowest BCUT2D eigenvalue weighted by Gasteiger charge is -2.42. The van der Waals surface area contributed by atoms with E-state index in [1.54, 1.807) is 27.5 Å². The number of methoxy groups -OCH3 is 3. The van der Waals surface area contributed by atoms with E-state index in [4.69, 9.17) is 14.2 Å². The van der Waals surface area contributed by atoms with Crippen molar-refractivity contribution in [2.75, 3.05) is 45.9 Å². The van der Waals surface area contributed by atoms with Crippen molar-refractivity contribution in [1.29, 1.82) is 0 Å². The summed E-state index contributed by atoms with van der Waals surface area (Å²) in [5.41, 5.74) is 2.71. The van der Waals surface area contributed by atoms with Crippen LogP contribution in [-0.2, 0) is 6.54 Å². The summed E-state index contributed by atoms with van der Waals surface area (Å²) in [4.78, 5) is 4.64. The smallest absolute Gasteiger partial charge is 0.241 e. The van der Waals surface area contributed by atoms with Crippen molar-refractivity contribution in [2.45, 2.75) is 12.6 Å². The van der Waals surface area contributed by atoms with Gasteiger partial charge in [0.05, 0.1) is 25.8 Å². The van der Waals surface area contributed by atoms with Gasteiger partial charge in [0, 0.05) is 38.3 Å². The number of anilines is 1. The van der Waals surface area contributed by atoms with E-state index < -0.39 is 0 Å². The van der Waals surface area contributed by atoms with Crippen LogP contribution < -0.4 is 19.1 Å². The molecule has 0 aromatic heterocycles. The van der Waals surface area contributed by atoms with Crippen molar-refractivity contribution in [3.63, 3.8) is 0 Å². The predicted octanol–water partition coefficient (Wildman–Crippen LogP) is 3.39. The fraction of sp³-hybridized carbons (Fsp3) is 0.381. The highest BCUT2D eigenvalue weighted by atomic mass is 79.9. The summed E-state index contributed by atoms with van der Waals surface area (Å²) >= 11 is 3.47. The lowest BCUT2D eigenvalue weighted by molar-refractivity contribution is -0.358. The van der Waals surface area contributed by atoms with Gasteiger partial charge in [-0.2, -0.15) is 4.74 Å². The fourth-order valence-corrected chi connectivity index (χ4v) is 4.50. The lowest BCUT2D eigenvalue weighted by atomic mass is 10.1. The maximum absolute atomic E-state index is 12.6. The molecule has 0 N–H and O–H groups in total.